The highest BCUT2D eigenvalue weighted by Gasteiger charge is 2.54. The highest BCUT2D eigenvalue weighted by atomic mass is 35.5. The van der Waals surface area contributed by atoms with Crippen molar-refractivity contribution in [2.24, 2.45) is 23.2 Å². The van der Waals surface area contributed by atoms with Gasteiger partial charge in [0.15, 0.2) is 0 Å². The van der Waals surface area contributed by atoms with Crippen LogP contribution in [0.25, 0.3) is 0 Å². The molecule has 0 unspecified atom stereocenters. The number of nitrogens with one attached hydrogen (secondary N) is 1. The van der Waals surface area contributed by atoms with Crippen LogP contribution in [0, 0.1) is 37.0 Å². The van der Waals surface area contributed by atoms with Crippen LogP contribution in [-0.4, -0.2) is 49.6 Å². The summed E-state index contributed by atoms with van der Waals surface area (Å²) < 4.78 is 0. The molecule has 1 aliphatic heterocycles. The van der Waals surface area contributed by atoms with Gasteiger partial charge in [0.1, 0.15) is 0 Å². The largest absolute Gasteiger partial charge is 0.369 e. The van der Waals surface area contributed by atoms with E-state index in [4.69, 9.17) is 0 Å². The highest BCUT2D eigenvalue weighted by molar-refractivity contribution is 5.85. The van der Waals surface area contributed by atoms with Gasteiger partial charge in [-0.25, -0.2) is 0 Å². The summed E-state index contributed by atoms with van der Waals surface area (Å²) in [5, 5.41) is 3.45. The van der Waals surface area contributed by atoms with Crippen molar-refractivity contribution in [2.45, 2.75) is 65.3 Å². The first kappa shape index (κ1) is 25.6. The molecule has 5 fully saturated rings. The highest BCUT2D eigenvalue weighted by Crippen LogP contribution is 2.60. The number of carbonyl (C=O) groups is 1. The van der Waals surface area contributed by atoms with Crippen molar-refractivity contribution < 1.29 is 4.79 Å². The fraction of sp³-hybridized carbons (Fsp3) is 0.731. The molecule has 0 aromatic heterocycles. The number of hydrogen-bond acceptors (Lipinski definition) is 3. The lowest BCUT2D eigenvalue weighted by molar-refractivity contribution is -0.147. The minimum Gasteiger partial charge on any atom is -0.369 e. The average molecular weight is 483 g/mol. The molecule has 0 spiro atoms. The Bertz CT molecular complexity index is 771. The molecular formula is C26H41Cl2N3O. The van der Waals surface area contributed by atoms with Crippen LogP contribution in [0.3, 0.4) is 0 Å². The van der Waals surface area contributed by atoms with Crippen molar-refractivity contribution >= 4 is 36.4 Å². The summed E-state index contributed by atoms with van der Waals surface area (Å²) in [6.07, 6.45) is 7.66. The molecule has 4 bridgehead atoms. The minimum absolute atomic E-state index is 0. The van der Waals surface area contributed by atoms with Crippen LogP contribution in [-0.2, 0) is 4.79 Å². The summed E-state index contributed by atoms with van der Waals surface area (Å²) in [5.74, 6) is 2.87. The molecule has 1 N–H and O–H groups in total. The van der Waals surface area contributed by atoms with Crippen LogP contribution in [0.5, 0.6) is 0 Å². The van der Waals surface area contributed by atoms with E-state index in [1.807, 2.05) is 0 Å². The van der Waals surface area contributed by atoms with Crippen molar-refractivity contribution in [1.29, 1.82) is 0 Å². The molecule has 180 valence electrons. The van der Waals surface area contributed by atoms with Crippen molar-refractivity contribution in [2.75, 3.05) is 37.6 Å². The van der Waals surface area contributed by atoms with Gasteiger partial charge in [-0.3, -0.25) is 9.69 Å². The summed E-state index contributed by atoms with van der Waals surface area (Å²) in [5.41, 5.74) is 4.14. The number of benzene rings is 1. The van der Waals surface area contributed by atoms with Crippen LogP contribution >= 0.6 is 24.8 Å². The molecule has 6 rings (SSSR count). The van der Waals surface area contributed by atoms with Crippen molar-refractivity contribution in [3.63, 3.8) is 0 Å². The predicted molar refractivity (Wildman–Crippen MR) is 137 cm³/mol. The number of carbonyl (C=O) groups excluding carboxylic acids is 1. The maximum absolute atomic E-state index is 13.3. The summed E-state index contributed by atoms with van der Waals surface area (Å²) in [7, 11) is 0. The SMILES string of the molecule is Cc1cccc(N2CCN(C[C@@H](C)NC(=O)C34CC5CC(CC(C5)C3)C4)CC2)c1C.Cl.Cl. The van der Waals surface area contributed by atoms with Gasteiger partial charge in [-0.05, 0) is 94.2 Å². The van der Waals surface area contributed by atoms with Gasteiger partial charge in [-0.1, -0.05) is 12.1 Å². The van der Waals surface area contributed by atoms with Crippen LogP contribution < -0.4 is 10.2 Å². The molecule has 5 aliphatic rings. The standard InChI is InChI=1S/C26H39N3O.2ClH/c1-18-5-4-6-24(20(18)3)29-9-7-28(8-10-29)17-19(2)27-25(30)26-14-21-11-22(15-26)13-23(12-21)16-26;;/h4-6,19,21-23H,7-17H2,1-3H3,(H,27,30);2*1H/t19-,21?,22?,23?,26?;;/m1../s1. The molecule has 6 heteroatoms. The molecule has 4 saturated carbocycles. The Kier molecular flexibility index (Phi) is 8.10. The maximum atomic E-state index is 13.3. The second-order valence-corrected chi connectivity index (χ2v) is 11.1. The predicted octanol–water partition coefficient (Wildman–Crippen LogP) is 4.99. The number of halogens is 2. The molecule has 1 aromatic rings. The van der Waals surface area contributed by atoms with E-state index in [2.05, 4.69) is 54.1 Å². The first-order valence-electron chi connectivity index (χ1n) is 12.3. The third-order valence-corrected chi connectivity index (χ3v) is 8.72. The van der Waals surface area contributed by atoms with E-state index in [0.29, 0.717) is 5.91 Å². The lowest BCUT2D eigenvalue weighted by atomic mass is 9.49. The second-order valence-electron chi connectivity index (χ2n) is 11.1. The summed E-state index contributed by atoms with van der Waals surface area (Å²) in [6, 6.07) is 6.86. The Labute approximate surface area is 206 Å². The second kappa shape index (κ2) is 10.1. The van der Waals surface area contributed by atoms with Gasteiger partial charge >= 0.3 is 0 Å². The van der Waals surface area contributed by atoms with Gasteiger partial charge in [-0.2, -0.15) is 0 Å². The summed E-state index contributed by atoms with van der Waals surface area (Å²) in [6.45, 7) is 11.9. The number of nitrogens with zero attached hydrogens (tertiary/aromatic N) is 2. The van der Waals surface area contributed by atoms with Gasteiger partial charge < -0.3 is 10.2 Å². The zero-order chi connectivity index (χ0) is 20.9. The minimum atomic E-state index is -0.0234. The Morgan fingerprint density at radius 2 is 1.56 bits per heavy atom. The van der Waals surface area contributed by atoms with Gasteiger partial charge in [0.05, 0.1) is 0 Å². The number of amides is 1. The molecular weight excluding hydrogens is 441 g/mol. The van der Waals surface area contributed by atoms with Crippen molar-refractivity contribution in [3.8, 4) is 0 Å². The molecule has 4 nitrogen and oxygen atoms in total. The van der Waals surface area contributed by atoms with Gasteiger partial charge in [-0.15, -0.1) is 24.8 Å². The molecule has 4 aliphatic carbocycles. The molecule has 1 amide bonds. The van der Waals surface area contributed by atoms with E-state index in [1.165, 1.54) is 36.1 Å². The molecule has 1 saturated heterocycles. The quantitative estimate of drug-likeness (QED) is 0.642. The van der Waals surface area contributed by atoms with Crippen LogP contribution in [0.2, 0.25) is 0 Å². The molecule has 32 heavy (non-hydrogen) atoms. The number of rotatable bonds is 5. The Balaban J connectivity index is 0.00000144. The Morgan fingerprint density at radius 3 is 2.12 bits per heavy atom. The first-order valence-corrected chi connectivity index (χ1v) is 12.3. The zero-order valence-electron chi connectivity index (χ0n) is 19.9. The number of aryl methyl sites for hydroxylation is 1. The summed E-state index contributed by atoms with van der Waals surface area (Å²) in [4.78, 5) is 18.4. The average Bonchev–Trinajstić information content (AvgIpc) is 2.70. The van der Waals surface area contributed by atoms with Crippen LogP contribution in [0.4, 0.5) is 5.69 Å². The Hall–Kier alpha value is -0.970. The van der Waals surface area contributed by atoms with Crippen LogP contribution in [0.15, 0.2) is 18.2 Å². The van der Waals surface area contributed by atoms with Gasteiger partial charge in [0.2, 0.25) is 5.91 Å². The molecule has 1 heterocycles. The summed E-state index contributed by atoms with van der Waals surface area (Å²) >= 11 is 0. The van der Waals surface area contributed by atoms with Gasteiger partial charge in [0, 0.05) is 49.9 Å². The third-order valence-electron chi connectivity index (χ3n) is 8.72. The van der Waals surface area contributed by atoms with E-state index in [9.17, 15) is 4.79 Å². The number of anilines is 1. The number of hydrogen-bond donors (Lipinski definition) is 1. The van der Waals surface area contributed by atoms with E-state index >= 15 is 0 Å². The monoisotopic (exact) mass is 481 g/mol. The van der Waals surface area contributed by atoms with E-state index < -0.39 is 0 Å². The fourth-order valence-corrected chi connectivity index (χ4v) is 7.45. The molecule has 0 radical (unpaired) electrons. The lowest BCUT2D eigenvalue weighted by Gasteiger charge is -2.55. The van der Waals surface area contributed by atoms with Gasteiger partial charge in [0.25, 0.3) is 0 Å². The van der Waals surface area contributed by atoms with E-state index in [0.717, 1.165) is 69.7 Å². The smallest absolute Gasteiger partial charge is 0.226 e. The van der Waals surface area contributed by atoms with Crippen LogP contribution in [0.1, 0.15) is 56.6 Å². The van der Waals surface area contributed by atoms with Crippen molar-refractivity contribution in [1.82, 2.24) is 10.2 Å². The molecule has 1 atom stereocenters. The third kappa shape index (κ3) is 4.93. The topological polar surface area (TPSA) is 35.6 Å². The Morgan fingerprint density at radius 1 is 1.00 bits per heavy atom. The lowest BCUT2D eigenvalue weighted by Crippen LogP contribution is -2.57. The number of piperazine rings is 1. The fourth-order valence-electron chi connectivity index (χ4n) is 7.45. The van der Waals surface area contributed by atoms with Crippen molar-refractivity contribution in [3.05, 3.63) is 29.3 Å². The zero-order valence-corrected chi connectivity index (χ0v) is 21.6. The normalized spacial score (nSPS) is 32.1. The molecule has 1 aromatic carbocycles. The first-order chi connectivity index (χ1) is 14.4. The van der Waals surface area contributed by atoms with E-state index in [1.54, 1.807) is 0 Å². The van der Waals surface area contributed by atoms with E-state index in [-0.39, 0.29) is 36.3 Å². The maximum Gasteiger partial charge on any atom is 0.226 e.